The molecule has 0 spiro atoms. The SMILES string of the molecule is Cc1ccc(-c2nc3cccnc3n2-c2ccc(Cl)cc2)o1. The van der Waals surface area contributed by atoms with Crippen molar-refractivity contribution in [2.45, 2.75) is 6.92 Å². The molecule has 0 aliphatic carbocycles. The maximum atomic E-state index is 5.99. The first kappa shape index (κ1) is 13.1. The lowest BCUT2D eigenvalue weighted by Gasteiger charge is -2.07. The lowest BCUT2D eigenvalue weighted by molar-refractivity contribution is 0.543. The van der Waals surface area contributed by atoms with E-state index in [2.05, 4.69) is 9.97 Å². The summed E-state index contributed by atoms with van der Waals surface area (Å²) in [6.07, 6.45) is 1.76. The number of furan rings is 1. The molecule has 3 aromatic heterocycles. The highest BCUT2D eigenvalue weighted by atomic mass is 35.5. The fraction of sp³-hybridized carbons (Fsp3) is 0.0588. The number of rotatable bonds is 2. The molecule has 5 heteroatoms. The van der Waals surface area contributed by atoms with E-state index in [-0.39, 0.29) is 0 Å². The Morgan fingerprint density at radius 3 is 2.59 bits per heavy atom. The van der Waals surface area contributed by atoms with Gasteiger partial charge >= 0.3 is 0 Å². The predicted molar refractivity (Wildman–Crippen MR) is 86.3 cm³/mol. The molecule has 22 heavy (non-hydrogen) atoms. The van der Waals surface area contributed by atoms with E-state index < -0.39 is 0 Å². The van der Waals surface area contributed by atoms with Gasteiger partial charge in [-0.15, -0.1) is 0 Å². The van der Waals surface area contributed by atoms with Crippen molar-refractivity contribution < 1.29 is 4.42 Å². The number of hydrogen-bond donors (Lipinski definition) is 0. The van der Waals surface area contributed by atoms with Crippen LogP contribution in [0.2, 0.25) is 5.02 Å². The van der Waals surface area contributed by atoms with Crippen LogP contribution in [0.5, 0.6) is 0 Å². The van der Waals surface area contributed by atoms with E-state index in [4.69, 9.17) is 16.0 Å². The van der Waals surface area contributed by atoms with Gasteiger partial charge in [-0.1, -0.05) is 11.6 Å². The van der Waals surface area contributed by atoms with Crippen molar-refractivity contribution in [2.24, 2.45) is 0 Å². The highest BCUT2D eigenvalue weighted by Gasteiger charge is 2.17. The molecule has 0 unspecified atom stereocenters. The first-order chi connectivity index (χ1) is 10.7. The zero-order chi connectivity index (χ0) is 15.1. The van der Waals surface area contributed by atoms with Crippen molar-refractivity contribution in [1.82, 2.24) is 14.5 Å². The Balaban J connectivity index is 2.03. The minimum Gasteiger partial charge on any atom is -0.458 e. The van der Waals surface area contributed by atoms with Crippen LogP contribution in [0.1, 0.15) is 5.76 Å². The molecular weight excluding hydrogens is 298 g/mol. The molecule has 3 heterocycles. The van der Waals surface area contributed by atoms with Gasteiger partial charge < -0.3 is 4.42 Å². The first-order valence-corrected chi connectivity index (χ1v) is 7.26. The van der Waals surface area contributed by atoms with Gasteiger partial charge in [0.15, 0.2) is 17.2 Å². The van der Waals surface area contributed by atoms with E-state index in [1.54, 1.807) is 6.20 Å². The predicted octanol–water partition coefficient (Wildman–Crippen LogP) is 4.64. The number of aromatic nitrogens is 3. The summed E-state index contributed by atoms with van der Waals surface area (Å²) in [5.41, 5.74) is 2.55. The van der Waals surface area contributed by atoms with Crippen LogP contribution in [-0.2, 0) is 0 Å². The second-order valence-corrected chi connectivity index (χ2v) is 5.44. The van der Waals surface area contributed by atoms with Gasteiger partial charge in [0.1, 0.15) is 11.3 Å². The monoisotopic (exact) mass is 309 g/mol. The van der Waals surface area contributed by atoms with Crippen LogP contribution < -0.4 is 0 Å². The zero-order valence-corrected chi connectivity index (χ0v) is 12.6. The molecule has 0 aliphatic heterocycles. The van der Waals surface area contributed by atoms with Crippen molar-refractivity contribution >= 4 is 22.8 Å². The van der Waals surface area contributed by atoms with E-state index in [0.717, 1.165) is 28.4 Å². The van der Waals surface area contributed by atoms with Crippen LogP contribution in [0, 0.1) is 6.92 Å². The van der Waals surface area contributed by atoms with Crippen LogP contribution >= 0.6 is 11.6 Å². The third-order valence-electron chi connectivity index (χ3n) is 3.46. The van der Waals surface area contributed by atoms with Crippen molar-refractivity contribution in [3.8, 4) is 17.3 Å². The van der Waals surface area contributed by atoms with Gasteiger partial charge in [-0.05, 0) is 55.5 Å². The molecule has 0 N–H and O–H groups in total. The van der Waals surface area contributed by atoms with Gasteiger partial charge in [0.25, 0.3) is 0 Å². The minimum absolute atomic E-state index is 0.691. The summed E-state index contributed by atoms with van der Waals surface area (Å²) in [6.45, 7) is 1.91. The average Bonchev–Trinajstić information content (AvgIpc) is 3.11. The number of pyridine rings is 1. The van der Waals surface area contributed by atoms with Gasteiger partial charge in [-0.25, -0.2) is 9.97 Å². The molecule has 4 aromatic rings. The molecule has 108 valence electrons. The van der Waals surface area contributed by atoms with E-state index in [1.165, 1.54) is 0 Å². The largest absolute Gasteiger partial charge is 0.458 e. The third-order valence-corrected chi connectivity index (χ3v) is 3.71. The Kier molecular flexibility index (Phi) is 2.98. The number of benzene rings is 1. The number of hydrogen-bond acceptors (Lipinski definition) is 3. The summed E-state index contributed by atoms with van der Waals surface area (Å²) in [6, 6.07) is 15.2. The molecule has 1 aromatic carbocycles. The van der Waals surface area contributed by atoms with Gasteiger partial charge in [0.2, 0.25) is 0 Å². The van der Waals surface area contributed by atoms with E-state index >= 15 is 0 Å². The first-order valence-electron chi connectivity index (χ1n) is 6.88. The fourth-order valence-corrected chi connectivity index (χ4v) is 2.59. The smallest absolute Gasteiger partial charge is 0.183 e. The fourth-order valence-electron chi connectivity index (χ4n) is 2.47. The minimum atomic E-state index is 0.691. The quantitative estimate of drug-likeness (QED) is 0.541. The lowest BCUT2D eigenvalue weighted by atomic mass is 10.3. The second-order valence-electron chi connectivity index (χ2n) is 5.00. The topological polar surface area (TPSA) is 43.9 Å². The van der Waals surface area contributed by atoms with Crippen molar-refractivity contribution in [2.75, 3.05) is 0 Å². The van der Waals surface area contributed by atoms with Crippen molar-refractivity contribution in [3.63, 3.8) is 0 Å². The average molecular weight is 310 g/mol. The molecule has 4 nitrogen and oxygen atoms in total. The number of nitrogens with zero attached hydrogens (tertiary/aromatic N) is 3. The Morgan fingerprint density at radius 2 is 1.86 bits per heavy atom. The van der Waals surface area contributed by atoms with Crippen LogP contribution in [0.15, 0.2) is 59.1 Å². The van der Waals surface area contributed by atoms with Gasteiger partial charge in [-0.3, -0.25) is 4.57 Å². The molecule has 0 saturated heterocycles. The normalized spacial score (nSPS) is 11.2. The van der Waals surface area contributed by atoms with Gasteiger partial charge in [0, 0.05) is 16.9 Å². The molecule has 0 aliphatic rings. The Morgan fingerprint density at radius 1 is 1.05 bits per heavy atom. The van der Waals surface area contributed by atoms with Gasteiger partial charge in [-0.2, -0.15) is 0 Å². The van der Waals surface area contributed by atoms with Gasteiger partial charge in [0.05, 0.1) is 0 Å². The van der Waals surface area contributed by atoms with E-state index in [1.807, 2.05) is 60.0 Å². The molecular formula is C17H12ClN3O. The third kappa shape index (κ3) is 2.09. The van der Waals surface area contributed by atoms with Crippen LogP contribution in [-0.4, -0.2) is 14.5 Å². The lowest BCUT2D eigenvalue weighted by Crippen LogP contribution is -1.97. The Hall–Kier alpha value is -2.59. The molecule has 0 radical (unpaired) electrons. The summed E-state index contributed by atoms with van der Waals surface area (Å²) >= 11 is 5.99. The molecule has 0 amide bonds. The van der Waals surface area contributed by atoms with Crippen LogP contribution in [0.4, 0.5) is 0 Å². The summed E-state index contributed by atoms with van der Waals surface area (Å²) in [4.78, 5) is 9.13. The number of halogens is 1. The van der Waals surface area contributed by atoms with E-state index in [9.17, 15) is 0 Å². The van der Waals surface area contributed by atoms with Crippen molar-refractivity contribution in [3.05, 3.63) is 65.5 Å². The standard InChI is InChI=1S/C17H12ClN3O/c1-11-4-9-15(22-11)17-20-14-3-2-10-19-16(14)21(17)13-7-5-12(18)6-8-13/h2-10H,1H3. The summed E-state index contributed by atoms with van der Waals surface area (Å²) < 4.78 is 7.72. The zero-order valence-electron chi connectivity index (χ0n) is 11.8. The Bertz CT molecular complexity index is 954. The summed E-state index contributed by atoms with van der Waals surface area (Å²) in [5, 5.41) is 0.691. The number of aryl methyl sites for hydroxylation is 1. The summed E-state index contributed by atoms with van der Waals surface area (Å²) in [7, 11) is 0. The Labute approximate surface area is 132 Å². The highest BCUT2D eigenvalue weighted by molar-refractivity contribution is 6.30. The highest BCUT2D eigenvalue weighted by Crippen LogP contribution is 2.29. The molecule has 4 rings (SSSR count). The maximum absolute atomic E-state index is 5.99. The molecule has 0 bridgehead atoms. The molecule has 0 saturated carbocycles. The van der Waals surface area contributed by atoms with E-state index in [0.29, 0.717) is 10.8 Å². The maximum Gasteiger partial charge on any atom is 0.183 e. The second kappa shape index (κ2) is 5.00. The van der Waals surface area contributed by atoms with Crippen molar-refractivity contribution in [1.29, 1.82) is 0 Å². The van der Waals surface area contributed by atoms with Crippen LogP contribution in [0.3, 0.4) is 0 Å². The molecule has 0 fully saturated rings. The number of fused-ring (bicyclic) bond motifs is 1. The van der Waals surface area contributed by atoms with Crippen LogP contribution in [0.25, 0.3) is 28.4 Å². The summed E-state index contributed by atoms with van der Waals surface area (Å²) in [5.74, 6) is 2.28. The number of imidazole rings is 1. The molecule has 0 atom stereocenters.